The van der Waals surface area contributed by atoms with Gasteiger partial charge in [0.15, 0.2) is 0 Å². The molecule has 0 bridgehead atoms. The van der Waals surface area contributed by atoms with Crippen LogP contribution in [-0.2, 0) is 4.33 Å². The number of hydrogen-bond acceptors (Lipinski definition) is 3. The van der Waals surface area contributed by atoms with Crippen molar-refractivity contribution in [2.45, 2.75) is 83.3 Å². The van der Waals surface area contributed by atoms with Crippen molar-refractivity contribution in [1.29, 1.82) is 0 Å². The van der Waals surface area contributed by atoms with E-state index in [0.717, 1.165) is 18.5 Å². The van der Waals surface area contributed by atoms with E-state index in [2.05, 4.69) is 18.2 Å². The van der Waals surface area contributed by atoms with Gasteiger partial charge in [-0.2, -0.15) is 4.33 Å². The van der Waals surface area contributed by atoms with Crippen molar-refractivity contribution in [2.24, 2.45) is 0 Å². The number of rotatable bonds is 12. The van der Waals surface area contributed by atoms with Crippen LogP contribution in [0.4, 0.5) is 0 Å². The van der Waals surface area contributed by atoms with Crippen molar-refractivity contribution in [3.8, 4) is 0 Å². The first-order chi connectivity index (χ1) is 7.81. The molecule has 0 radical (unpaired) electrons. The minimum atomic E-state index is 0.412. The van der Waals surface area contributed by atoms with Crippen LogP contribution < -0.4 is 0 Å². The smallest absolute Gasteiger partial charge is 0.0342 e. The van der Waals surface area contributed by atoms with E-state index in [1.807, 2.05) is 0 Å². The average Bonchev–Trinajstić information content (AvgIpc) is 2.27. The summed E-state index contributed by atoms with van der Waals surface area (Å²) < 4.78 is 4.05. The zero-order valence-corrected chi connectivity index (χ0v) is 11.7. The quantitative estimate of drug-likeness (QED) is 0.216. The van der Waals surface area contributed by atoms with Crippen LogP contribution in [0.2, 0.25) is 0 Å². The number of unbranched alkanes of at least 4 members (excludes halogenated alkanes) is 8. The van der Waals surface area contributed by atoms with Gasteiger partial charge in [-0.15, -0.1) is 0 Å². The Labute approximate surface area is 105 Å². The lowest BCUT2D eigenvalue weighted by Crippen LogP contribution is -1.96. The fourth-order valence-corrected chi connectivity index (χ4v) is 2.27. The van der Waals surface area contributed by atoms with E-state index < -0.39 is 0 Å². The molecule has 0 aromatic carbocycles. The molecule has 0 saturated heterocycles. The van der Waals surface area contributed by atoms with Crippen LogP contribution in [0.5, 0.6) is 0 Å². The predicted octanol–water partition coefficient (Wildman–Crippen LogP) is 5.43. The Morgan fingerprint density at radius 1 is 0.938 bits per heavy atom. The molecular weight excluding hydrogens is 220 g/mol. The molecule has 1 unspecified atom stereocenters. The van der Waals surface area contributed by atoms with Gasteiger partial charge in [-0.25, -0.2) is 5.26 Å². The monoisotopic (exact) mass is 248 g/mol. The van der Waals surface area contributed by atoms with Gasteiger partial charge in [-0.1, -0.05) is 71.6 Å². The van der Waals surface area contributed by atoms with E-state index in [-0.39, 0.29) is 0 Å². The van der Waals surface area contributed by atoms with Crippen molar-refractivity contribution in [3.63, 3.8) is 0 Å². The summed E-state index contributed by atoms with van der Waals surface area (Å²) in [4.78, 5) is 0. The zero-order chi connectivity index (χ0) is 12.1. The average molecular weight is 248 g/mol. The van der Waals surface area contributed by atoms with Crippen LogP contribution in [-0.4, -0.2) is 10.5 Å². The van der Waals surface area contributed by atoms with E-state index in [1.165, 1.54) is 57.8 Å². The van der Waals surface area contributed by atoms with Crippen molar-refractivity contribution >= 4 is 12.0 Å². The van der Waals surface area contributed by atoms with Crippen LogP contribution in [0.1, 0.15) is 78.1 Å². The van der Waals surface area contributed by atoms with Crippen LogP contribution in [0.15, 0.2) is 0 Å². The lowest BCUT2D eigenvalue weighted by Gasteiger charge is -2.06. The van der Waals surface area contributed by atoms with Gasteiger partial charge in [0.05, 0.1) is 0 Å². The lowest BCUT2D eigenvalue weighted by atomic mass is 10.1. The normalized spacial score (nSPS) is 12.9. The molecule has 98 valence electrons. The summed E-state index contributed by atoms with van der Waals surface area (Å²) in [5.74, 6) is 0. The lowest BCUT2D eigenvalue weighted by molar-refractivity contribution is -0.117. The SMILES string of the molecule is CCCCCCCCCCCC(C)SOO. The second kappa shape index (κ2) is 13.3. The maximum atomic E-state index is 8.24. The molecule has 1 N–H and O–H groups in total. The summed E-state index contributed by atoms with van der Waals surface area (Å²) in [7, 11) is 0. The molecule has 16 heavy (non-hydrogen) atoms. The van der Waals surface area contributed by atoms with Gasteiger partial charge in [0.2, 0.25) is 0 Å². The van der Waals surface area contributed by atoms with E-state index in [9.17, 15) is 0 Å². The molecule has 0 aliphatic heterocycles. The van der Waals surface area contributed by atoms with Gasteiger partial charge in [0.25, 0.3) is 0 Å². The van der Waals surface area contributed by atoms with Gasteiger partial charge in [-0.3, -0.25) is 0 Å². The number of hydrogen-bond donors (Lipinski definition) is 1. The fourth-order valence-electron chi connectivity index (χ4n) is 1.86. The molecule has 0 amide bonds. The third-order valence-electron chi connectivity index (χ3n) is 2.92. The molecule has 0 rings (SSSR count). The minimum Gasteiger partial charge on any atom is -0.239 e. The maximum Gasteiger partial charge on any atom is 0.0342 e. The van der Waals surface area contributed by atoms with E-state index in [1.54, 1.807) is 0 Å². The maximum absolute atomic E-state index is 8.24. The van der Waals surface area contributed by atoms with Crippen LogP contribution in [0.25, 0.3) is 0 Å². The third kappa shape index (κ3) is 12.3. The molecule has 0 aliphatic rings. The largest absolute Gasteiger partial charge is 0.239 e. The molecule has 0 heterocycles. The second-order valence-corrected chi connectivity index (χ2v) is 5.74. The Morgan fingerprint density at radius 3 is 1.94 bits per heavy atom. The van der Waals surface area contributed by atoms with Crippen LogP contribution in [0, 0.1) is 0 Å². The fraction of sp³-hybridized carbons (Fsp3) is 1.00. The first kappa shape index (κ1) is 16.3. The van der Waals surface area contributed by atoms with Gasteiger partial charge in [0, 0.05) is 17.3 Å². The zero-order valence-electron chi connectivity index (χ0n) is 10.9. The molecule has 0 aliphatic carbocycles. The second-order valence-electron chi connectivity index (χ2n) is 4.60. The predicted molar refractivity (Wildman–Crippen MR) is 72.6 cm³/mol. The van der Waals surface area contributed by atoms with Gasteiger partial charge in [-0.05, 0) is 6.42 Å². The van der Waals surface area contributed by atoms with E-state index >= 15 is 0 Å². The first-order valence-corrected chi connectivity index (χ1v) is 7.58. The first-order valence-electron chi connectivity index (χ1n) is 6.78. The Kier molecular flexibility index (Phi) is 13.6. The van der Waals surface area contributed by atoms with E-state index in [0.29, 0.717) is 5.25 Å². The molecule has 0 fully saturated rings. The highest BCUT2D eigenvalue weighted by Gasteiger charge is 2.02. The summed E-state index contributed by atoms with van der Waals surface area (Å²) in [6.45, 7) is 4.35. The van der Waals surface area contributed by atoms with Gasteiger partial charge < -0.3 is 0 Å². The molecule has 0 aromatic heterocycles. The molecular formula is C13H28O2S. The van der Waals surface area contributed by atoms with Crippen molar-refractivity contribution in [3.05, 3.63) is 0 Å². The molecule has 3 heteroatoms. The highest BCUT2D eigenvalue weighted by Crippen LogP contribution is 2.18. The Morgan fingerprint density at radius 2 is 1.44 bits per heavy atom. The van der Waals surface area contributed by atoms with Crippen LogP contribution in [0.3, 0.4) is 0 Å². The van der Waals surface area contributed by atoms with Gasteiger partial charge in [0.1, 0.15) is 0 Å². The molecule has 0 spiro atoms. The topological polar surface area (TPSA) is 29.5 Å². The Hall–Kier alpha value is 0.270. The standard InChI is InChI=1S/C13H28O2S/c1-3-4-5-6-7-8-9-10-11-12-13(2)16-15-14/h13-14H,3-12H2,1-2H3. The van der Waals surface area contributed by atoms with Crippen molar-refractivity contribution in [1.82, 2.24) is 0 Å². The summed E-state index contributed by atoms with van der Waals surface area (Å²) in [6.07, 6.45) is 13.4. The third-order valence-corrected chi connectivity index (χ3v) is 3.57. The minimum absolute atomic E-state index is 0.412. The van der Waals surface area contributed by atoms with Gasteiger partial charge >= 0.3 is 0 Å². The summed E-state index contributed by atoms with van der Waals surface area (Å²) in [5, 5.41) is 8.65. The highest BCUT2D eigenvalue weighted by molar-refractivity contribution is 7.95. The van der Waals surface area contributed by atoms with Crippen LogP contribution >= 0.6 is 12.0 Å². The highest BCUT2D eigenvalue weighted by atomic mass is 32.2. The molecule has 2 nitrogen and oxygen atoms in total. The van der Waals surface area contributed by atoms with E-state index in [4.69, 9.17) is 5.26 Å². The summed E-state index contributed by atoms with van der Waals surface area (Å²) in [5.41, 5.74) is 0. The van der Waals surface area contributed by atoms with Crippen molar-refractivity contribution < 1.29 is 9.59 Å². The molecule has 0 saturated carbocycles. The van der Waals surface area contributed by atoms with Crippen molar-refractivity contribution in [2.75, 3.05) is 0 Å². The summed E-state index contributed by atoms with van der Waals surface area (Å²) >= 11 is 1.16. The Bertz CT molecular complexity index is 131. The molecule has 0 aromatic rings. The molecule has 1 atom stereocenters. The summed E-state index contributed by atoms with van der Waals surface area (Å²) in [6, 6.07) is 0. The Balaban J connectivity index is 2.98.